The van der Waals surface area contributed by atoms with Gasteiger partial charge in [0.25, 0.3) is 0 Å². The number of guanidine groups is 1. The first kappa shape index (κ1) is 19.0. The summed E-state index contributed by atoms with van der Waals surface area (Å²) in [5, 5.41) is 3.58. The van der Waals surface area contributed by atoms with Crippen molar-refractivity contribution >= 4 is 5.96 Å². The van der Waals surface area contributed by atoms with Gasteiger partial charge in [-0.15, -0.1) is 0 Å². The Morgan fingerprint density at radius 3 is 2.52 bits per heavy atom. The summed E-state index contributed by atoms with van der Waals surface area (Å²) < 4.78 is 17.9. The van der Waals surface area contributed by atoms with Crippen LogP contribution in [0, 0.1) is 11.8 Å². The van der Waals surface area contributed by atoms with E-state index < -0.39 is 0 Å². The summed E-state index contributed by atoms with van der Waals surface area (Å²) in [5.74, 6) is 4.11. The predicted molar refractivity (Wildman–Crippen MR) is 113 cm³/mol. The number of aliphatic imine (C=N–C) groups is 1. The minimum absolute atomic E-state index is 0.327. The van der Waals surface area contributed by atoms with Gasteiger partial charge in [-0.3, -0.25) is 4.99 Å². The molecule has 1 aromatic rings. The largest absolute Gasteiger partial charge is 0.497 e. The van der Waals surface area contributed by atoms with Gasteiger partial charge >= 0.3 is 0 Å². The van der Waals surface area contributed by atoms with Crippen LogP contribution in [0.2, 0.25) is 0 Å². The first-order valence-electron chi connectivity index (χ1n) is 11.2. The highest BCUT2D eigenvalue weighted by molar-refractivity contribution is 5.80. The monoisotopic (exact) mass is 399 g/mol. The van der Waals surface area contributed by atoms with E-state index in [1.54, 1.807) is 7.11 Å². The molecule has 1 aliphatic carbocycles. The van der Waals surface area contributed by atoms with Crippen molar-refractivity contribution in [1.29, 1.82) is 0 Å². The molecule has 5 rings (SSSR count). The summed E-state index contributed by atoms with van der Waals surface area (Å²) in [6, 6.07) is 6.14. The van der Waals surface area contributed by atoms with E-state index in [4.69, 9.17) is 14.2 Å². The number of hydrogen-bond acceptors (Lipinski definition) is 4. The first-order chi connectivity index (χ1) is 14.2. The van der Waals surface area contributed by atoms with Crippen LogP contribution in [0.15, 0.2) is 23.2 Å². The zero-order valence-electron chi connectivity index (χ0n) is 17.6. The molecule has 2 bridgehead atoms. The van der Waals surface area contributed by atoms with E-state index in [2.05, 4.69) is 21.3 Å². The van der Waals surface area contributed by atoms with Crippen LogP contribution in [0.3, 0.4) is 0 Å². The summed E-state index contributed by atoms with van der Waals surface area (Å²) in [5.41, 5.74) is 1.15. The first-order valence-corrected chi connectivity index (χ1v) is 11.2. The molecule has 4 unspecified atom stereocenters. The molecule has 158 valence electrons. The molecule has 6 heteroatoms. The van der Waals surface area contributed by atoms with E-state index in [1.807, 2.05) is 19.2 Å². The summed E-state index contributed by atoms with van der Waals surface area (Å²) >= 11 is 0. The molecule has 0 aromatic heterocycles. The Hall–Kier alpha value is -1.95. The SMILES string of the molecule is CN=C(NCc1ccc(OC)cc1OC1CCCC1)N1CC2C3CCC(O3)C2C1. The van der Waals surface area contributed by atoms with E-state index in [-0.39, 0.29) is 0 Å². The molecule has 0 radical (unpaired) electrons. The molecule has 3 saturated heterocycles. The number of ether oxygens (including phenoxy) is 3. The summed E-state index contributed by atoms with van der Waals surface area (Å²) in [4.78, 5) is 7.00. The number of hydrogen-bond donors (Lipinski definition) is 1. The van der Waals surface area contributed by atoms with Crippen LogP contribution in [0.25, 0.3) is 0 Å². The Morgan fingerprint density at radius 2 is 1.86 bits per heavy atom. The standard InChI is InChI=1S/C23H33N3O3/c1-24-23(26-13-18-19(14-26)21-10-9-20(18)29-21)25-12-15-7-8-17(27-2)11-22(15)28-16-5-3-4-6-16/h7-8,11,16,18-21H,3-6,9-10,12-14H2,1-2H3,(H,24,25). The van der Waals surface area contributed by atoms with Gasteiger partial charge in [0.15, 0.2) is 5.96 Å². The van der Waals surface area contributed by atoms with Crippen LogP contribution in [-0.4, -0.2) is 56.4 Å². The van der Waals surface area contributed by atoms with Gasteiger partial charge in [-0.2, -0.15) is 0 Å². The molecule has 0 spiro atoms. The van der Waals surface area contributed by atoms with Crippen LogP contribution >= 0.6 is 0 Å². The van der Waals surface area contributed by atoms with Crippen molar-refractivity contribution in [2.24, 2.45) is 16.8 Å². The third-order valence-corrected chi connectivity index (χ3v) is 7.27. The van der Waals surface area contributed by atoms with Crippen LogP contribution in [0.5, 0.6) is 11.5 Å². The second-order valence-corrected chi connectivity index (χ2v) is 8.92. The summed E-state index contributed by atoms with van der Waals surface area (Å²) in [6.07, 6.45) is 8.56. The topological polar surface area (TPSA) is 55.3 Å². The predicted octanol–water partition coefficient (Wildman–Crippen LogP) is 3.20. The average molecular weight is 400 g/mol. The molecular formula is C23H33N3O3. The highest BCUT2D eigenvalue weighted by Gasteiger charge is 2.53. The summed E-state index contributed by atoms with van der Waals surface area (Å²) in [7, 11) is 3.58. The Morgan fingerprint density at radius 1 is 1.14 bits per heavy atom. The van der Waals surface area contributed by atoms with Gasteiger partial charge in [0, 0.05) is 50.1 Å². The molecule has 1 aromatic carbocycles. The second kappa shape index (κ2) is 8.05. The number of rotatable bonds is 5. The van der Waals surface area contributed by atoms with E-state index in [0.29, 0.717) is 36.7 Å². The normalized spacial score (nSPS) is 31.4. The van der Waals surface area contributed by atoms with E-state index >= 15 is 0 Å². The average Bonchev–Trinajstić information content (AvgIpc) is 3.52. The van der Waals surface area contributed by atoms with Crippen LogP contribution < -0.4 is 14.8 Å². The van der Waals surface area contributed by atoms with E-state index in [1.165, 1.54) is 25.7 Å². The summed E-state index contributed by atoms with van der Waals surface area (Å²) in [6.45, 7) is 2.81. The van der Waals surface area contributed by atoms with Crippen molar-refractivity contribution in [3.63, 3.8) is 0 Å². The van der Waals surface area contributed by atoms with Gasteiger partial charge in [0.2, 0.25) is 0 Å². The minimum atomic E-state index is 0.327. The lowest BCUT2D eigenvalue weighted by atomic mass is 9.82. The maximum absolute atomic E-state index is 6.35. The number of likely N-dealkylation sites (tertiary alicyclic amines) is 1. The van der Waals surface area contributed by atoms with Crippen molar-refractivity contribution in [2.75, 3.05) is 27.2 Å². The fourth-order valence-corrected chi connectivity index (χ4v) is 5.74. The molecule has 1 saturated carbocycles. The third-order valence-electron chi connectivity index (χ3n) is 7.27. The van der Waals surface area contributed by atoms with Crippen molar-refractivity contribution < 1.29 is 14.2 Å². The number of fused-ring (bicyclic) bond motifs is 5. The van der Waals surface area contributed by atoms with Gasteiger partial charge < -0.3 is 24.4 Å². The molecule has 4 aliphatic rings. The van der Waals surface area contributed by atoms with Gasteiger partial charge in [-0.25, -0.2) is 0 Å². The quantitative estimate of drug-likeness (QED) is 0.609. The van der Waals surface area contributed by atoms with E-state index in [0.717, 1.165) is 49.0 Å². The molecular weight excluding hydrogens is 366 g/mol. The Labute approximate surface area is 173 Å². The number of benzene rings is 1. The molecule has 1 N–H and O–H groups in total. The fourth-order valence-electron chi connectivity index (χ4n) is 5.74. The zero-order chi connectivity index (χ0) is 19.8. The molecule has 29 heavy (non-hydrogen) atoms. The highest BCUT2D eigenvalue weighted by atomic mass is 16.5. The van der Waals surface area contributed by atoms with Gasteiger partial charge in [0.1, 0.15) is 11.5 Å². The van der Waals surface area contributed by atoms with Crippen molar-refractivity contribution in [1.82, 2.24) is 10.2 Å². The minimum Gasteiger partial charge on any atom is -0.497 e. The highest BCUT2D eigenvalue weighted by Crippen LogP contribution is 2.47. The molecule has 4 atom stereocenters. The van der Waals surface area contributed by atoms with Gasteiger partial charge in [0.05, 0.1) is 25.4 Å². The Kier molecular flexibility index (Phi) is 5.29. The molecule has 3 aliphatic heterocycles. The molecule has 0 amide bonds. The smallest absolute Gasteiger partial charge is 0.193 e. The molecule has 4 fully saturated rings. The van der Waals surface area contributed by atoms with Crippen LogP contribution in [0.4, 0.5) is 0 Å². The fraction of sp³-hybridized carbons (Fsp3) is 0.696. The number of nitrogens with one attached hydrogen (secondary N) is 1. The second-order valence-electron chi connectivity index (χ2n) is 8.92. The lowest BCUT2D eigenvalue weighted by Gasteiger charge is -2.24. The lowest BCUT2D eigenvalue weighted by Crippen LogP contribution is -2.41. The van der Waals surface area contributed by atoms with Crippen LogP contribution in [-0.2, 0) is 11.3 Å². The van der Waals surface area contributed by atoms with E-state index in [9.17, 15) is 0 Å². The Balaban J connectivity index is 1.25. The maximum atomic E-state index is 6.35. The number of nitrogens with zero attached hydrogens (tertiary/aromatic N) is 2. The number of methoxy groups -OCH3 is 1. The van der Waals surface area contributed by atoms with Crippen molar-refractivity contribution in [3.8, 4) is 11.5 Å². The van der Waals surface area contributed by atoms with Crippen LogP contribution in [0.1, 0.15) is 44.1 Å². The molecule has 6 nitrogen and oxygen atoms in total. The van der Waals surface area contributed by atoms with Gasteiger partial charge in [-0.05, 0) is 50.7 Å². The lowest BCUT2D eigenvalue weighted by molar-refractivity contribution is 0.0767. The van der Waals surface area contributed by atoms with Crippen molar-refractivity contribution in [3.05, 3.63) is 23.8 Å². The molecule has 3 heterocycles. The van der Waals surface area contributed by atoms with Crippen molar-refractivity contribution in [2.45, 2.75) is 63.4 Å². The zero-order valence-corrected chi connectivity index (χ0v) is 17.6. The van der Waals surface area contributed by atoms with Gasteiger partial charge in [-0.1, -0.05) is 0 Å². The Bertz CT molecular complexity index is 744. The third kappa shape index (κ3) is 3.67. The maximum Gasteiger partial charge on any atom is 0.193 e.